The summed E-state index contributed by atoms with van der Waals surface area (Å²) in [6, 6.07) is 8.70. The number of hydrogen-bond acceptors (Lipinski definition) is 3. The molecule has 0 saturated heterocycles. The molecular formula is C23H28Cl3N3O2. The molecule has 0 saturated carbocycles. The number of hydrogen-bond donors (Lipinski definition) is 0. The van der Waals surface area contributed by atoms with Gasteiger partial charge in [-0.1, -0.05) is 34.8 Å². The summed E-state index contributed by atoms with van der Waals surface area (Å²) in [6.45, 7) is 10.4. The number of benzene rings is 2. The van der Waals surface area contributed by atoms with E-state index < -0.39 is 11.7 Å². The minimum atomic E-state index is -0.667. The monoisotopic (exact) mass is 483 g/mol. The van der Waals surface area contributed by atoms with Gasteiger partial charge in [-0.15, -0.1) is 0 Å². The van der Waals surface area contributed by atoms with Gasteiger partial charge in [0.2, 0.25) is 0 Å². The van der Waals surface area contributed by atoms with Gasteiger partial charge in [-0.3, -0.25) is 4.90 Å². The Morgan fingerprint density at radius 3 is 2.42 bits per heavy atom. The fourth-order valence-electron chi connectivity index (χ4n) is 2.69. The van der Waals surface area contributed by atoms with Gasteiger partial charge < -0.3 is 9.64 Å². The van der Waals surface area contributed by atoms with E-state index in [9.17, 15) is 4.79 Å². The third kappa shape index (κ3) is 7.30. The van der Waals surface area contributed by atoms with Gasteiger partial charge >= 0.3 is 6.09 Å². The summed E-state index contributed by atoms with van der Waals surface area (Å²) in [6.07, 6.45) is 1.21. The van der Waals surface area contributed by atoms with Gasteiger partial charge in [-0.05, 0) is 76.1 Å². The fraction of sp³-hybridized carbons (Fsp3) is 0.391. The Kier molecular flexibility index (Phi) is 8.64. The van der Waals surface area contributed by atoms with Crippen LogP contribution in [0.1, 0.15) is 38.8 Å². The maximum Gasteiger partial charge on any atom is 0.415 e. The molecule has 0 aromatic heterocycles. The van der Waals surface area contributed by atoms with E-state index in [0.29, 0.717) is 32.0 Å². The fourth-order valence-corrected chi connectivity index (χ4v) is 3.27. The molecule has 5 nitrogen and oxygen atoms in total. The van der Waals surface area contributed by atoms with Crippen molar-refractivity contribution in [2.45, 2.75) is 46.8 Å². The predicted octanol–water partition coefficient (Wildman–Crippen LogP) is 7.51. The highest BCUT2D eigenvalue weighted by molar-refractivity contribution is 6.34. The van der Waals surface area contributed by atoms with Gasteiger partial charge in [0.1, 0.15) is 5.60 Å². The van der Waals surface area contributed by atoms with Crippen molar-refractivity contribution in [3.63, 3.8) is 0 Å². The number of nitrogens with zero attached hydrogens (tertiary/aromatic N) is 3. The molecule has 0 N–H and O–H groups in total. The van der Waals surface area contributed by atoms with E-state index in [-0.39, 0.29) is 6.54 Å². The molecule has 0 aliphatic heterocycles. The molecule has 0 aliphatic rings. The lowest BCUT2D eigenvalue weighted by Crippen LogP contribution is -2.37. The summed E-state index contributed by atoms with van der Waals surface area (Å²) in [5.74, 6) is 0. The molecule has 0 unspecified atom stereocenters. The number of ether oxygens (including phenoxy) is 1. The number of aryl methyl sites for hydroxylation is 1. The van der Waals surface area contributed by atoms with Crippen LogP contribution in [0.2, 0.25) is 15.1 Å². The van der Waals surface area contributed by atoms with Crippen molar-refractivity contribution >= 4 is 58.6 Å². The van der Waals surface area contributed by atoms with Crippen molar-refractivity contribution in [3.05, 3.63) is 56.5 Å². The van der Waals surface area contributed by atoms with E-state index in [1.54, 1.807) is 30.6 Å². The molecule has 0 atom stereocenters. The first kappa shape index (κ1) is 25.3. The van der Waals surface area contributed by atoms with E-state index in [0.717, 1.165) is 12.1 Å². The van der Waals surface area contributed by atoms with E-state index in [1.165, 1.54) is 4.90 Å². The third-order valence-corrected chi connectivity index (χ3v) is 5.31. The summed E-state index contributed by atoms with van der Waals surface area (Å²) < 4.78 is 5.65. The molecule has 168 valence electrons. The van der Waals surface area contributed by atoms with E-state index >= 15 is 0 Å². The summed E-state index contributed by atoms with van der Waals surface area (Å²) in [5.41, 5.74) is 2.08. The number of carbonyl (C=O) groups excluding carboxylic acids is 1. The zero-order valence-electron chi connectivity index (χ0n) is 18.7. The Balaban J connectivity index is 2.50. The van der Waals surface area contributed by atoms with E-state index in [2.05, 4.69) is 4.99 Å². The second kappa shape index (κ2) is 10.6. The van der Waals surface area contributed by atoms with E-state index in [4.69, 9.17) is 39.5 Å². The molecule has 0 radical (unpaired) electrons. The number of carbonyl (C=O) groups is 1. The van der Waals surface area contributed by atoms with Crippen LogP contribution in [-0.2, 0) is 11.3 Å². The molecule has 0 heterocycles. The normalized spacial score (nSPS) is 11.6. The van der Waals surface area contributed by atoms with E-state index in [1.807, 2.05) is 52.6 Å². The van der Waals surface area contributed by atoms with Crippen LogP contribution in [0.25, 0.3) is 0 Å². The van der Waals surface area contributed by atoms with Crippen LogP contribution in [0, 0.1) is 6.92 Å². The second-order valence-electron chi connectivity index (χ2n) is 8.21. The average molecular weight is 485 g/mol. The van der Waals surface area contributed by atoms with Crippen LogP contribution in [-0.4, -0.2) is 36.5 Å². The van der Waals surface area contributed by atoms with Gasteiger partial charge in [0, 0.05) is 23.6 Å². The Bertz CT molecular complexity index is 971. The molecule has 1 amide bonds. The van der Waals surface area contributed by atoms with Crippen LogP contribution < -0.4 is 4.90 Å². The van der Waals surface area contributed by atoms with Crippen molar-refractivity contribution in [3.8, 4) is 0 Å². The molecule has 31 heavy (non-hydrogen) atoms. The first-order valence-electron chi connectivity index (χ1n) is 9.90. The topological polar surface area (TPSA) is 45.1 Å². The lowest BCUT2D eigenvalue weighted by atomic mass is 10.1. The predicted molar refractivity (Wildman–Crippen MR) is 132 cm³/mol. The SMILES string of the molecule is CCN(C)C=Nc1cc(C)c(N(Cc2cc(Cl)ccc2Cl)C(=O)OC(C)(C)C)cc1Cl. The van der Waals surface area contributed by atoms with Crippen LogP contribution in [0.3, 0.4) is 0 Å². The number of aliphatic imine (C=N–C) groups is 1. The molecule has 2 rings (SSSR count). The lowest BCUT2D eigenvalue weighted by molar-refractivity contribution is 0.0577. The summed E-state index contributed by atoms with van der Waals surface area (Å²) in [4.78, 5) is 21.0. The highest BCUT2D eigenvalue weighted by Crippen LogP contribution is 2.35. The number of halogens is 3. The zero-order chi connectivity index (χ0) is 23.3. The highest BCUT2D eigenvalue weighted by Gasteiger charge is 2.26. The molecule has 0 fully saturated rings. The van der Waals surface area contributed by atoms with Crippen molar-refractivity contribution in [1.29, 1.82) is 0 Å². The Labute approximate surface area is 199 Å². The second-order valence-corrected chi connectivity index (χ2v) is 9.46. The number of anilines is 1. The highest BCUT2D eigenvalue weighted by atomic mass is 35.5. The van der Waals surface area contributed by atoms with Gasteiger partial charge in [-0.2, -0.15) is 0 Å². The van der Waals surface area contributed by atoms with Crippen molar-refractivity contribution < 1.29 is 9.53 Å². The number of amides is 1. The Morgan fingerprint density at radius 1 is 1.13 bits per heavy atom. The van der Waals surface area contributed by atoms with Crippen LogP contribution >= 0.6 is 34.8 Å². The molecule has 0 aliphatic carbocycles. The zero-order valence-corrected chi connectivity index (χ0v) is 20.9. The van der Waals surface area contributed by atoms with Crippen molar-refractivity contribution in [1.82, 2.24) is 4.90 Å². The summed E-state index contributed by atoms with van der Waals surface area (Å²) in [5, 5.41) is 1.46. The summed E-state index contributed by atoms with van der Waals surface area (Å²) >= 11 is 19.0. The first-order valence-corrected chi connectivity index (χ1v) is 11.0. The molecule has 0 bridgehead atoms. The largest absolute Gasteiger partial charge is 0.443 e. The smallest absolute Gasteiger partial charge is 0.415 e. The minimum Gasteiger partial charge on any atom is -0.443 e. The summed E-state index contributed by atoms with van der Waals surface area (Å²) in [7, 11) is 1.93. The van der Waals surface area contributed by atoms with Gasteiger partial charge in [0.15, 0.2) is 0 Å². The van der Waals surface area contributed by atoms with Gasteiger partial charge in [-0.25, -0.2) is 9.79 Å². The lowest BCUT2D eigenvalue weighted by Gasteiger charge is -2.29. The van der Waals surface area contributed by atoms with Gasteiger partial charge in [0.25, 0.3) is 0 Å². The van der Waals surface area contributed by atoms with Crippen molar-refractivity contribution in [2.75, 3.05) is 18.5 Å². The Morgan fingerprint density at radius 2 is 1.81 bits per heavy atom. The van der Waals surface area contributed by atoms with Crippen LogP contribution in [0.5, 0.6) is 0 Å². The quantitative estimate of drug-likeness (QED) is 0.315. The Hall–Kier alpha value is -1.95. The average Bonchev–Trinajstić information content (AvgIpc) is 2.67. The van der Waals surface area contributed by atoms with Crippen LogP contribution in [0.4, 0.5) is 16.2 Å². The van der Waals surface area contributed by atoms with Crippen LogP contribution in [0.15, 0.2) is 35.3 Å². The molecule has 0 spiro atoms. The standard InChI is InChI=1S/C23H28Cl3N3O2/c1-7-28(6)14-27-20-10-15(2)21(12-19(20)26)29(22(30)31-23(3,4)5)13-16-11-17(24)8-9-18(16)25/h8-12,14H,7,13H2,1-6H3. The van der Waals surface area contributed by atoms with Gasteiger partial charge in [0.05, 0.1) is 29.3 Å². The molecular weight excluding hydrogens is 457 g/mol. The molecule has 8 heteroatoms. The maximum absolute atomic E-state index is 13.1. The first-order chi connectivity index (χ1) is 14.4. The van der Waals surface area contributed by atoms with Crippen molar-refractivity contribution in [2.24, 2.45) is 4.99 Å². The molecule has 2 aromatic carbocycles. The minimum absolute atomic E-state index is 0.173. The maximum atomic E-state index is 13.1. The molecule has 2 aromatic rings. The third-order valence-electron chi connectivity index (χ3n) is 4.40. The number of rotatable bonds is 6.